The summed E-state index contributed by atoms with van der Waals surface area (Å²) in [6.45, 7) is 6.29. The van der Waals surface area contributed by atoms with Gasteiger partial charge in [0.15, 0.2) is 0 Å². The van der Waals surface area contributed by atoms with Gasteiger partial charge in [-0.1, -0.05) is 60.5 Å². The minimum atomic E-state index is 0.277. The highest BCUT2D eigenvalue weighted by molar-refractivity contribution is 5.83. The Morgan fingerprint density at radius 1 is 0.800 bits per heavy atom. The minimum Gasteiger partial charge on any atom is -0.299 e. The molecule has 0 amide bonds. The maximum absolute atomic E-state index is 12.2. The molecule has 0 bridgehead atoms. The Bertz CT molecular complexity index is 573. The average molecular weight is 266 g/mol. The summed E-state index contributed by atoms with van der Waals surface area (Å²) in [7, 11) is 0. The third-order valence-corrected chi connectivity index (χ3v) is 3.52. The normalized spacial score (nSPS) is 10.6. The average Bonchev–Trinajstić information content (AvgIpc) is 2.38. The van der Waals surface area contributed by atoms with Crippen LogP contribution in [0, 0.1) is 13.8 Å². The fraction of sp³-hybridized carbons (Fsp3) is 0.316. The van der Waals surface area contributed by atoms with Crippen molar-refractivity contribution in [2.75, 3.05) is 0 Å². The lowest BCUT2D eigenvalue weighted by Crippen LogP contribution is -2.07. The molecule has 0 aliphatic heterocycles. The molecule has 0 aromatic heterocycles. The summed E-state index contributed by atoms with van der Waals surface area (Å²) in [4.78, 5) is 12.2. The van der Waals surface area contributed by atoms with Crippen LogP contribution in [0.15, 0.2) is 42.5 Å². The van der Waals surface area contributed by atoms with Gasteiger partial charge in [-0.2, -0.15) is 0 Å². The monoisotopic (exact) mass is 266 g/mol. The summed E-state index contributed by atoms with van der Waals surface area (Å²) in [6.07, 6.45) is 2.09. The topological polar surface area (TPSA) is 17.1 Å². The minimum absolute atomic E-state index is 0.277. The van der Waals surface area contributed by atoms with Crippen LogP contribution in [-0.2, 0) is 24.1 Å². The molecule has 104 valence electrons. The van der Waals surface area contributed by atoms with Crippen molar-refractivity contribution in [1.82, 2.24) is 0 Å². The SMILES string of the molecule is CCc1ccc(CC(=O)Cc2cc(C)cc(C)c2)cc1. The van der Waals surface area contributed by atoms with Crippen LogP contribution < -0.4 is 0 Å². The Morgan fingerprint density at radius 3 is 1.85 bits per heavy atom. The van der Waals surface area contributed by atoms with Crippen LogP contribution in [0.5, 0.6) is 0 Å². The van der Waals surface area contributed by atoms with Crippen LogP contribution in [0.2, 0.25) is 0 Å². The molecule has 0 N–H and O–H groups in total. The Labute approximate surface area is 121 Å². The Balaban J connectivity index is 2.01. The second-order valence-electron chi connectivity index (χ2n) is 5.56. The van der Waals surface area contributed by atoms with E-state index in [0.717, 1.165) is 17.5 Å². The fourth-order valence-electron chi connectivity index (χ4n) is 2.58. The highest BCUT2D eigenvalue weighted by Crippen LogP contribution is 2.12. The quantitative estimate of drug-likeness (QED) is 0.792. The molecule has 0 atom stereocenters. The molecule has 0 aliphatic carbocycles. The van der Waals surface area contributed by atoms with Crippen LogP contribution in [0.4, 0.5) is 0 Å². The maximum Gasteiger partial charge on any atom is 0.141 e. The van der Waals surface area contributed by atoms with Gasteiger partial charge in [0.1, 0.15) is 5.78 Å². The van der Waals surface area contributed by atoms with Crippen molar-refractivity contribution in [2.24, 2.45) is 0 Å². The summed E-state index contributed by atoms with van der Waals surface area (Å²) in [5, 5.41) is 0. The molecule has 0 saturated carbocycles. The van der Waals surface area contributed by atoms with Crippen LogP contribution in [0.3, 0.4) is 0 Å². The molecule has 0 aliphatic rings. The molecule has 0 spiro atoms. The van der Waals surface area contributed by atoms with Gasteiger partial charge in [-0.05, 0) is 37.0 Å². The van der Waals surface area contributed by atoms with Gasteiger partial charge in [-0.3, -0.25) is 4.79 Å². The fourth-order valence-corrected chi connectivity index (χ4v) is 2.58. The van der Waals surface area contributed by atoms with E-state index in [9.17, 15) is 4.79 Å². The van der Waals surface area contributed by atoms with E-state index in [0.29, 0.717) is 12.8 Å². The number of benzene rings is 2. The van der Waals surface area contributed by atoms with Gasteiger partial charge in [0, 0.05) is 12.8 Å². The Hall–Kier alpha value is -1.89. The molecule has 0 heterocycles. The maximum atomic E-state index is 12.2. The molecule has 2 aromatic rings. The van der Waals surface area contributed by atoms with Gasteiger partial charge in [0.25, 0.3) is 0 Å². The number of Topliss-reactive ketones (excluding diaryl/α,β-unsaturated/α-hetero) is 1. The predicted molar refractivity (Wildman–Crippen MR) is 84.2 cm³/mol. The second-order valence-corrected chi connectivity index (χ2v) is 5.56. The summed E-state index contributed by atoms with van der Waals surface area (Å²) in [5.41, 5.74) is 5.99. The third-order valence-electron chi connectivity index (χ3n) is 3.52. The van der Waals surface area contributed by atoms with Crippen LogP contribution >= 0.6 is 0 Å². The number of carbonyl (C=O) groups excluding carboxylic acids is 1. The van der Waals surface area contributed by atoms with Crippen LogP contribution in [-0.4, -0.2) is 5.78 Å². The smallest absolute Gasteiger partial charge is 0.141 e. The van der Waals surface area contributed by atoms with Gasteiger partial charge in [0.05, 0.1) is 0 Å². The lowest BCUT2D eigenvalue weighted by Gasteiger charge is -2.05. The number of hydrogen-bond acceptors (Lipinski definition) is 1. The van der Waals surface area contributed by atoms with Gasteiger partial charge in [0.2, 0.25) is 0 Å². The number of ketones is 1. The standard InChI is InChI=1S/C19H22O/c1-4-16-5-7-17(8-6-16)12-19(20)13-18-10-14(2)9-15(3)11-18/h5-11H,4,12-13H2,1-3H3. The lowest BCUT2D eigenvalue weighted by atomic mass is 9.99. The number of aryl methyl sites for hydroxylation is 3. The van der Waals surface area contributed by atoms with Gasteiger partial charge in [-0.15, -0.1) is 0 Å². The summed E-state index contributed by atoms with van der Waals surface area (Å²) >= 11 is 0. The zero-order chi connectivity index (χ0) is 14.5. The van der Waals surface area contributed by atoms with E-state index in [1.54, 1.807) is 0 Å². The molecule has 20 heavy (non-hydrogen) atoms. The molecule has 0 radical (unpaired) electrons. The first-order chi connectivity index (χ1) is 9.56. The van der Waals surface area contributed by atoms with E-state index in [1.165, 1.54) is 16.7 Å². The molecular formula is C19H22O. The zero-order valence-corrected chi connectivity index (χ0v) is 12.6. The molecule has 2 rings (SSSR count). The van der Waals surface area contributed by atoms with E-state index in [4.69, 9.17) is 0 Å². The van der Waals surface area contributed by atoms with Gasteiger partial charge >= 0.3 is 0 Å². The van der Waals surface area contributed by atoms with E-state index in [2.05, 4.69) is 63.2 Å². The van der Waals surface area contributed by atoms with Crippen LogP contribution in [0.25, 0.3) is 0 Å². The van der Waals surface area contributed by atoms with Gasteiger partial charge < -0.3 is 0 Å². The molecule has 1 nitrogen and oxygen atoms in total. The molecular weight excluding hydrogens is 244 g/mol. The third kappa shape index (κ3) is 4.06. The Kier molecular flexibility index (Phi) is 4.73. The van der Waals surface area contributed by atoms with E-state index >= 15 is 0 Å². The van der Waals surface area contributed by atoms with Crippen molar-refractivity contribution >= 4 is 5.78 Å². The highest BCUT2D eigenvalue weighted by Gasteiger charge is 2.06. The first-order valence-electron chi connectivity index (χ1n) is 7.23. The summed E-state index contributed by atoms with van der Waals surface area (Å²) in [6, 6.07) is 14.7. The molecule has 0 fully saturated rings. The van der Waals surface area contributed by atoms with Crippen molar-refractivity contribution in [3.63, 3.8) is 0 Å². The second kappa shape index (κ2) is 6.51. The summed E-state index contributed by atoms with van der Waals surface area (Å²) < 4.78 is 0. The summed E-state index contributed by atoms with van der Waals surface area (Å²) in [5.74, 6) is 0.277. The number of carbonyl (C=O) groups is 1. The molecule has 1 heteroatoms. The lowest BCUT2D eigenvalue weighted by molar-refractivity contribution is -0.117. The highest BCUT2D eigenvalue weighted by atomic mass is 16.1. The van der Waals surface area contributed by atoms with E-state index in [1.807, 2.05) is 0 Å². The van der Waals surface area contributed by atoms with Gasteiger partial charge in [-0.25, -0.2) is 0 Å². The molecule has 0 unspecified atom stereocenters. The molecule has 2 aromatic carbocycles. The predicted octanol–water partition coefficient (Wildman–Crippen LogP) is 4.22. The van der Waals surface area contributed by atoms with Crippen molar-refractivity contribution in [3.8, 4) is 0 Å². The first-order valence-corrected chi connectivity index (χ1v) is 7.23. The van der Waals surface area contributed by atoms with E-state index in [-0.39, 0.29) is 5.78 Å². The largest absolute Gasteiger partial charge is 0.299 e. The Morgan fingerprint density at radius 2 is 1.30 bits per heavy atom. The van der Waals surface area contributed by atoms with E-state index < -0.39 is 0 Å². The zero-order valence-electron chi connectivity index (χ0n) is 12.6. The van der Waals surface area contributed by atoms with Crippen LogP contribution in [0.1, 0.15) is 34.7 Å². The number of rotatable bonds is 5. The number of hydrogen-bond donors (Lipinski definition) is 0. The van der Waals surface area contributed by atoms with Crippen molar-refractivity contribution in [1.29, 1.82) is 0 Å². The first kappa shape index (κ1) is 14.5. The molecule has 0 saturated heterocycles. The van der Waals surface area contributed by atoms with Crippen molar-refractivity contribution in [3.05, 3.63) is 70.3 Å². The van der Waals surface area contributed by atoms with Crippen molar-refractivity contribution in [2.45, 2.75) is 40.0 Å². The van der Waals surface area contributed by atoms with Crippen molar-refractivity contribution < 1.29 is 4.79 Å².